The van der Waals surface area contributed by atoms with Crippen molar-refractivity contribution in [3.63, 3.8) is 0 Å². The van der Waals surface area contributed by atoms with Gasteiger partial charge >= 0.3 is 0 Å². The molecule has 0 aliphatic rings. The van der Waals surface area contributed by atoms with Gasteiger partial charge in [0.15, 0.2) is 0 Å². The van der Waals surface area contributed by atoms with Gasteiger partial charge in [0.25, 0.3) is 0 Å². The topological polar surface area (TPSA) is 64.3 Å². The van der Waals surface area contributed by atoms with E-state index in [-0.39, 0.29) is 5.91 Å². The SMILES string of the molecule is CCOCCNC(=O)CCCCCN. The number of hydrogen-bond donors (Lipinski definition) is 2. The van der Waals surface area contributed by atoms with E-state index in [4.69, 9.17) is 10.5 Å². The first kappa shape index (κ1) is 13.4. The lowest BCUT2D eigenvalue weighted by Gasteiger charge is -2.04. The predicted molar refractivity (Wildman–Crippen MR) is 57.0 cm³/mol. The van der Waals surface area contributed by atoms with Crippen LogP contribution in [0.2, 0.25) is 0 Å². The van der Waals surface area contributed by atoms with E-state index in [0.29, 0.717) is 32.7 Å². The van der Waals surface area contributed by atoms with Gasteiger partial charge < -0.3 is 15.8 Å². The molecule has 1 amide bonds. The van der Waals surface area contributed by atoms with Crippen molar-refractivity contribution in [3.8, 4) is 0 Å². The summed E-state index contributed by atoms with van der Waals surface area (Å²) >= 11 is 0. The Hall–Kier alpha value is -0.610. The van der Waals surface area contributed by atoms with Crippen molar-refractivity contribution in [2.24, 2.45) is 5.73 Å². The molecule has 0 rings (SSSR count). The maximum absolute atomic E-state index is 11.2. The highest BCUT2D eigenvalue weighted by Gasteiger charge is 1.99. The average Bonchev–Trinajstić information content (AvgIpc) is 2.19. The lowest BCUT2D eigenvalue weighted by Crippen LogP contribution is -2.26. The van der Waals surface area contributed by atoms with Crippen molar-refractivity contribution in [1.82, 2.24) is 5.32 Å². The molecule has 4 heteroatoms. The Morgan fingerprint density at radius 3 is 2.79 bits per heavy atom. The molecule has 3 N–H and O–H groups in total. The molecular weight excluding hydrogens is 180 g/mol. The highest BCUT2D eigenvalue weighted by Crippen LogP contribution is 1.97. The van der Waals surface area contributed by atoms with Crippen LogP contribution in [0.1, 0.15) is 32.6 Å². The fraction of sp³-hybridized carbons (Fsp3) is 0.900. The molecule has 0 radical (unpaired) electrons. The third-order valence-electron chi connectivity index (χ3n) is 1.88. The number of carbonyl (C=O) groups is 1. The van der Waals surface area contributed by atoms with Gasteiger partial charge in [-0.1, -0.05) is 6.42 Å². The second-order valence-electron chi connectivity index (χ2n) is 3.15. The minimum atomic E-state index is 0.113. The summed E-state index contributed by atoms with van der Waals surface area (Å²) in [7, 11) is 0. The zero-order valence-corrected chi connectivity index (χ0v) is 9.05. The highest BCUT2D eigenvalue weighted by molar-refractivity contribution is 5.75. The number of ether oxygens (including phenoxy) is 1. The number of amides is 1. The molecule has 0 aliphatic heterocycles. The van der Waals surface area contributed by atoms with Crippen LogP contribution < -0.4 is 11.1 Å². The van der Waals surface area contributed by atoms with E-state index in [0.717, 1.165) is 19.3 Å². The van der Waals surface area contributed by atoms with Gasteiger partial charge in [0.1, 0.15) is 0 Å². The van der Waals surface area contributed by atoms with Gasteiger partial charge in [0, 0.05) is 19.6 Å². The molecule has 0 unspecified atom stereocenters. The molecule has 4 nitrogen and oxygen atoms in total. The van der Waals surface area contributed by atoms with Gasteiger partial charge in [-0.2, -0.15) is 0 Å². The second-order valence-corrected chi connectivity index (χ2v) is 3.15. The maximum atomic E-state index is 11.2. The molecule has 0 heterocycles. The summed E-state index contributed by atoms with van der Waals surface area (Å²) in [5.74, 6) is 0.113. The quantitative estimate of drug-likeness (QED) is 0.540. The van der Waals surface area contributed by atoms with E-state index >= 15 is 0 Å². The van der Waals surface area contributed by atoms with Gasteiger partial charge in [-0.25, -0.2) is 0 Å². The number of nitrogens with two attached hydrogens (primary N) is 1. The summed E-state index contributed by atoms with van der Waals surface area (Å²) in [4.78, 5) is 11.2. The summed E-state index contributed by atoms with van der Waals surface area (Å²) in [6.45, 7) is 4.57. The predicted octanol–water partition coefficient (Wildman–Crippen LogP) is 0.658. The molecular formula is C10H22N2O2. The van der Waals surface area contributed by atoms with E-state index < -0.39 is 0 Å². The summed E-state index contributed by atoms with van der Waals surface area (Å²) in [6.07, 6.45) is 3.57. The molecule has 0 bridgehead atoms. The molecule has 0 atom stereocenters. The Bertz CT molecular complexity index is 126. The fourth-order valence-electron chi connectivity index (χ4n) is 1.10. The van der Waals surface area contributed by atoms with Crippen molar-refractivity contribution in [1.29, 1.82) is 0 Å². The molecule has 84 valence electrons. The zero-order valence-electron chi connectivity index (χ0n) is 9.05. The lowest BCUT2D eigenvalue weighted by atomic mass is 10.2. The van der Waals surface area contributed by atoms with Crippen LogP contribution in [-0.2, 0) is 9.53 Å². The van der Waals surface area contributed by atoms with Gasteiger partial charge in [-0.3, -0.25) is 4.79 Å². The van der Waals surface area contributed by atoms with E-state index in [1.54, 1.807) is 0 Å². The van der Waals surface area contributed by atoms with Crippen molar-refractivity contribution in [3.05, 3.63) is 0 Å². The van der Waals surface area contributed by atoms with Crippen molar-refractivity contribution >= 4 is 5.91 Å². The van der Waals surface area contributed by atoms with Gasteiger partial charge in [0.2, 0.25) is 5.91 Å². The number of carbonyl (C=O) groups excluding carboxylic acids is 1. The lowest BCUT2D eigenvalue weighted by molar-refractivity contribution is -0.121. The minimum Gasteiger partial charge on any atom is -0.380 e. The molecule has 0 aromatic carbocycles. The van der Waals surface area contributed by atoms with Crippen LogP contribution in [0, 0.1) is 0 Å². The molecule has 0 aromatic rings. The Balaban J connectivity index is 3.11. The van der Waals surface area contributed by atoms with Gasteiger partial charge in [-0.15, -0.1) is 0 Å². The number of unbranched alkanes of at least 4 members (excludes halogenated alkanes) is 2. The van der Waals surface area contributed by atoms with Crippen LogP contribution in [0.4, 0.5) is 0 Å². The van der Waals surface area contributed by atoms with Crippen molar-refractivity contribution < 1.29 is 9.53 Å². The smallest absolute Gasteiger partial charge is 0.220 e. The van der Waals surface area contributed by atoms with E-state index in [1.165, 1.54) is 0 Å². The first-order valence-electron chi connectivity index (χ1n) is 5.35. The normalized spacial score (nSPS) is 10.1. The van der Waals surface area contributed by atoms with E-state index in [1.807, 2.05) is 6.92 Å². The van der Waals surface area contributed by atoms with Crippen molar-refractivity contribution in [2.45, 2.75) is 32.6 Å². The van der Waals surface area contributed by atoms with Gasteiger partial charge in [0.05, 0.1) is 6.61 Å². The third kappa shape index (κ3) is 9.48. The summed E-state index contributed by atoms with van der Waals surface area (Å²) in [5.41, 5.74) is 5.34. The minimum absolute atomic E-state index is 0.113. The van der Waals surface area contributed by atoms with Crippen molar-refractivity contribution in [2.75, 3.05) is 26.3 Å². The van der Waals surface area contributed by atoms with Crippen LogP contribution in [0.3, 0.4) is 0 Å². The number of hydrogen-bond acceptors (Lipinski definition) is 3. The molecule has 0 saturated carbocycles. The molecule has 0 saturated heterocycles. The summed E-state index contributed by atoms with van der Waals surface area (Å²) < 4.78 is 5.10. The van der Waals surface area contributed by atoms with Gasteiger partial charge in [-0.05, 0) is 26.3 Å². The summed E-state index contributed by atoms with van der Waals surface area (Å²) in [6, 6.07) is 0. The van der Waals surface area contributed by atoms with Crippen LogP contribution in [0.15, 0.2) is 0 Å². The zero-order chi connectivity index (χ0) is 10.6. The maximum Gasteiger partial charge on any atom is 0.220 e. The van der Waals surface area contributed by atoms with E-state index in [9.17, 15) is 4.79 Å². The van der Waals surface area contributed by atoms with Crippen LogP contribution in [-0.4, -0.2) is 32.2 Å². The molecule has 0 spiro atoms. The Kier molecular flexibility index (Phi) is 10.0. The molecule has 0 aromatic heterocycles. The summed E-state index contributed by atoms with van der Waals surface area (Å²) in [5, 5.41) is 2.80. The number of rotatable bonds is 9. The van der Waals surface area contributed by atoms with Crippen LogP contribution in [0.25, 0.3) is 0 Å². The van der Waals surface area contributed by atoms with Crippen LogP contribution in [0.5, 0.6) is 0 Å². The monoisotopic (exact) mass is 202 g/mol. The first-order chi connectivity index (χ1) is 6.81. The van der Waals surface area contributed by atoms with E-state index in [2.05, 4.69) is 5.32 Å². The van der Waals surface area contributed by atoms with Crippen LogP contribution >= 0.6 is 0 Å². The Labute approximate surface area is 86.2 Å². The highest BCUT2D eigenvalue weighted by atomic mass is 16.5. The fourth-order valence-corrected chi connectivity index (χ4v) is 1.10. The standard InChI is InChI=1S/C10H22N2O2/c1-2-14-9-8-12-10(13)6-4-3-5-7-11/h2-9,11H2,1H3,(H,12,13). The molecule has 0 fully saturated rings. The molecule has 0 aliphatic carbocycles. The number of nitrogens with one attached hydrogen (secondary N) is 1. The second kappa shape index (κ2) is 10.5. The average molecular weight is 202 g/mol. The third-order valence-corrected chi connectivity index (χ3v) is 1.88. The Morgan fingerprint density at radius 2 is 2.14 bits per heavy atom. The largest absolute Gasteiger partial charge is 0.380 e. The molecule has 14 heavy (non-hydrogen) atoms. The Morgan fingerprint density at radius 1 is 1.36 bits per heavy atom. The first-order valence-corrected chi connectivity index (χ1v) is 5.35.